The van der Waals surface area contributed by atoms with Crippen LogP contribution in [0.1, 0.15) is 18.9 Å². The molecule has 0 aliphatic rings. The summed E-state index contributed by atoms with van der Waals surface area (Å²) in [6.45, 7) is 3.97. The summed E-state index contributed by atoms with van der Waals surface area (Å²) in [6, 6.07) is 5.64. The van der Waals surface area contributed by atoms with Gasteiger partial charge in [-0.2, -0.15) is 0 Å². The number of ether oxygens (including phenoxy) is 1. The van der Waals surface area contributed by atoms with Crippen molar-refractivity contribution >= 4 is 22.4 Å². The Balaban J connectivity index is 1.83. The van der Waals surface area contributed by atoms with E-state index >= 15 is 0 Å². The second kappa shape index (κ2) is 7.12. The predicted octanol–water partition coefficient (Wildman–Crippen LogP) is 2.89. The average molecular weight is 309 g/mol. The van der Waals surface area contributed by atoms with Crippen LogP contribution in [0.25, 0.3) is 0 Å². The van der Waals surface area contributed by atoms with Crippen molar-refractivity contribution in [2.75, 3.05) is 11.9 Å². The second-order valence-corrected chi connectivity index (χ2v) is 5.96. The van der Waals surface area contributed by atoms with E-state index in [-0.39, 0.29) is 12.5 Å². The molecule has 1 N–H and O–H groups in total. The largest absolute Gasteiger partial charge is 0.484 e. The first-order valence-corrected chi connectivity index (χ1v) is 7.35. The number of hydrogen-bond acceptors (Lipinski definition) is 5. The third kappa shape index (κ3) is 5.11. The van der Waals surface area contributed by atoms with Crippen LogP contribution in [0, 0.1) is 11.7 Å². The van der Waals surface area contributed by atoms with Gasteiger partial charge < -0.3 is 4.74 Å². The second-order valence-electron chi connectivity index (χ2n) is 4.89. The van der Waals surface area contributed by atoms with Crippen molar-refractivity contribution in [2.24, 2.45) is 5.92 Å². The summed E-state index contributed by atoms with van der Waals surface area (Å²) in [5.74, 6) is 0.0302. The molecule has 112 valence electrons. The minimum Gasteiger partial charge on any atom is -0.484 e. The minimum absolute atomic E-state index is 0.206. The molecule has 1 heterocycles. The molecule has 0 unspecified atom stereocenters. The Bertz CT molecular complexity index is 616. The summed E-state index contributed by atoms with van der Waals surface area (Å²) in [6.07, 6.45) is 0.827. The van der Waals surface area contributed by atoms with Crippen LogP contribution in [-0.2, 0) is 11.2 Å². The number of benzene rings is 1. The molecule has 0 aliphatic carbocycles. The maximum absolute atomic E-state index is 12.9. The third-order valence-electron chi connectivity index (χ3n) is 2.46. The predicted molar refractivity (Wildman–Crippen MR) is 79.0 cm³/mol. The number of carbonyl (C=O) groups is 1. The highest BCUT2D eigenvalue weighted by Crippen LogP contribution is 2.18. The van der Waals surface area contributed by atoms with Crippen molar-refractivity contribution < 1.29 is 13.9 Å². The van der Waals surface area contributed by atoms with E-state index in [1.54, 1.807) is 6.07 Å². The Kier molecular flexibility index (Phi) is 5.21. The minimum atomic E-state index is -0.407. The number of hydrogen-bond donors (Lipinski definition) is 1. The van der Waals surface area contributed by atoms with Gasteiger partial charge in [-0.15, -0.1) is 10.2 Å². The number of anilines is 1. The molecule has 0 saturated heterocycles. The molecular weight excluding hydrogens is 293 g/mol. The van der Waals surface area contributed by atoms with Crippen LogP contribution in [0.5, 0.6) is 5.75 Å². The van der Waals surface area contributed by atoms with Gasteiger partial charge in [-0.05, 0) is 18.1 Å². The Morgan fingerprint density at radius 3 is 2.95 bits per heavy atom. The molecule has 1 amide bonds. The lowest BCUT2D eigenvalue weighted by Crippen LogP contribution is -2.20. The Morgan fingerprint density at radius 1 is 1.43 bits per heavy atom. The SMILES string of the molecule is CC(C)Cc1nnc(NC(=O)COc2cccc(F)c2)s1. The summed E-state index contributed by atoms with van der Waals surface area (Å²) >= 11 is 1.34. The summed E-state index contributed by atoms with van der Waals surface area (Å²) in [5, 5.41) is 11.8. The van der Waals surface area contributed by atoms with Crippen LogP contribution in [-0.4, -0.2) is 22.7 Å². The van der Waals surface area contributed by atoms with Gasteiger partial charge in [0, 0.05) is 12.5 Å². The van der Waals surface area contributed by atoms with Gasteiger partial charge in [0.15, 0.2) is 6.61 Å². The molecule has 7 heteroatoms. The first-order chi connectivity index (χ1) is 10.0. The zero-order valence-corrected chi connectivity index (χ0v) is 12.6. The highest BCUT2D eigenvalue weighted by atomic mass is 32.1. The van der Waals surface area contributed by atoms with Gasteiger partial charge in [0.25, 0.3) is 5.91 Å². The molecule has 1 aromatic heterocycles. The lowest BCUT2D eigenvalue weighted by Gasteiger charge is -2.05. The molecule has 2 rings (SSSR count). The number of nitrogens with zero attached hydrogens (tertiary/aromatic N) is 2. The van der Waals surface area contributed by atoms with Crippen molar-refractivity contribution in [3.05, 3.63) is 35.1 Å². The van der Waals surface area contributed by atoms with E-state index in [0.717, 1.165) is 11.4 Å². The van der Waals surface area contributed by atoms with E-state index < -0.39 is 5.82 Å². The standard InChI is InChI=1S/C14H16FN3O2S/c1-9(2)6-13-17-18-14(21-13)16-12(19)8-20-11-5-3-4-10(15)7-11/h3-5,7,9H,6,8H2,1-2H3,(H,16,18,19). The zero-order valence-electron chi connectivity index (χ0n) is 11.8. The first kappa shape index (κ1) is 15.4. The summed E-state index contributed by atoms with van der Waals surface area (Å²) in [7, 11) is 0. The monoisotopic (exact) mass is 309 g/mol. The lowest BCUT2D eigenvalue weighted by molar-refractivity contribution is -0.118. The number of nitrogens with one attached hydrogen (secondary N) is 1. The highest BCUT2D eigenvalue weighted by molar-refractivity contribution is 7.15. The molecule has 0 bridgehead atoms. The lowest BCUT2D eigenvalue weighted by atomic mass is 10.1. The number of halogens is 1. The van der Waals surface area contributed by atoms with Gasteiger partial charge >= 0.3 is 0 Å². The molecule has 0 fully saturated rings. The van der Waals surface area contributed by atoms with Crippen molar-refractivity contribution in [2.45, 2.75) is 20.3 Å². The molecule has 1 aromatic carbocycles. The molecule has 0 radical (unpaired) electrons. The van der Waals surface area contributed by atoms with Crippen LogP contribution in [0.4, 0.5) is 9.52 Å². The van der Waals surface area contributed by atoms with E-state index in [0.29, 0.717) is 16.8 Å². The van der Waals surface area contributed by atoms with Crippen molar-refractivity contribution in [1.29, 1.82) is 0 Å². The molecule has 5 nitrogen and oxygen atoms in total. The molecule has 0 atom stereocenters. The maximum atomic E-state index is 12.9. The van der Waals surface area contributed by atoms with E-state index in [1.165, 1.54) is 29.5 Å². The third-order valence-corrected chi connectivity index (χ3v) is 3.32. The van der Waals surface area contributed by atoms with Gasteiger partial charge in [0.2, 0.25) is 5.13 Å². The van der Waals surface area contributed by atoms with E-state index in [4.69, 9.17) is 4.74 Å². The van der Waals surface area contributed by atoms with Crippen LogP contribution in [0.2, 0.25) is 0 Å². The van der Waals surface area contributed by atoms with Crippen molar-refractivity contribution in [1.82, 2.24) is 10.2 Å². The summed E-state index contributed by atoms with van der Waals surface area (Å²) < 4.78 is 18.1. The zero-order chi connectivity index (χ0) is 15.2. The summed E-state index contributed by atoms with van der Waals surface area (Å²) in [4.78, 5) is 11.7. The summed E-state index contributed by atoms with van der Waals surface area (Å²) in [5.41, 5.74) is 0. The van der Waals surface area contributed by atoms with Gasteiger partial charge in [-0.1, -0.05) is 31.3 Å². The Hall–Kier alpha value is -2.02. The quantitative estimate of drug-likeness (QED) is 0.891. The maximum Gasteiger partial charge on any atom is 0.264 e. The first-order valence-electron chi connectivity index (χ1n) is 6.53. The van der Waals surface area contributed by atoms with Gasteiger partial charge in [0.05, 0.1) is 0 Å². The molecule has 0 saturated carbocycles. The highest BCUT2D eigenvalue weighted by Gasteiger charge is 2.10. The molecule has 0 spiro atoms. The van der Waals surface area contributed by atoms with Crippen molar-refractivity contribution in [3.63, 3.8) is 0 Å². The normalized spacial score (nSPS) is 10.7. The Morgan fingerprint density at radius 2 is 2.24 bits per heavy atom. The number of aromatic nitrogens is 2. The molecule has 2 aromatic rings. The number of carbonyl (C=O) groups excluding carboxylic acids is 1. The van der Waals surface area contributed by atoms with Crippen LogP contribution in [0.3, 0.4) is 0 Å². The number of rotatable bonds is 6. The van der Waals surface area contributed by atoms with Gasteiger partial charge in [-0.25, -0.2) is 4.39 Å². The van der Waals surface area contributed by atoms with Crippen LogP contribution < -0.4 is 10.1 Å². The fourth-order valence-corrected chi connectivity index (χ4v) is 2.56. The molecular formula is C14H16FN3O2S. The van der Waals surface area contributed by atoms with E-state index in [9.17, 15) is 9.18 Å². The van der Waals surface area contributed by atoms with Gasteiger partial charge in [0.1, 0.15) is 16.6 Å². The Labute approximate surface area is 126 Å². The smallest absolute Gasteiger partial charge is 0.264 e. The fourth-order valence-electron chi connectivity index (χ4n) is 1.60. The van der Waals surface area contributed by atoms with E-state index in [2.05, 4.69) is 29.4 Å². The van der Waals surface area contributed by atoms with Gasteiger partial charge in [-0.3, -0.25) is 10.1 Å². The topological polar surface area (TPSA) is 64.1 Å². The van der Waals surface area contributed by atoms with Crippen molar-refractivity contribution in [3.8, 4) is 5.75 Å². The van der Waals surface area contributed by atoms with Crippen LogP contribution in [0.15, 0.2) is 24.3 Å². The molecule has 0 aliphatic heterocycles. The van der Waals surface area contributed by atoms with E-state index in [1.807, 2.05) is 0 Å². The van der Waals surface area contributed by atoms with Crippen LogP contribution >= 0.6 is 11.3 Å². The number of amides is 1. The average Bonchev–Trinajstić information content (AvgIpc) is 2.83. The fraction of sp³-hybridized carbons (Fsp3) is 0.357. The molecule has 21 heavy (non-hydrogen) atoms.